The maximum Gasteiger partial charge on any atom is 0.269 e. The Labute approximate surface area is 125 Å². The Morgan fingerprint density at radius 2 is 1.90 bits per heavy atom. The fourth-order valence-corrected chi connectivity index (χ4v) is 3.67. The van der Waals surface area contributed by atoms with Gasteiger partial charge >= 0.3 is 0 Å². The first-order valence-electron chi connectivity index (χ1n) is 7.79. The van der Waals surface area contributed by atoms with E-state index in [0.29, 0.717) is 6.04 Å². The summed E-state index contributed by atoms with van der Waals surface area (Å²) in [6, 6.07) is 7.53. The van der Waals surface area contributed by atoms with Crippen molar-refractivity contribution in [3.8, 4) is 0 Å². The van der Waals surface area contributed by atoms with Crippen molar-refractivity contribution in [2.24, 2.45) is 0 Å². The number of non-ortho nitro benzene ring substituents is 1. The second-order valence-corrected chi connectivity index (χ2v) is 6.21. The molecule has 4 heteroatoms. The molecule has 1 aromatic rings. The highest BCUT2D eigenvalue weighted by Gasteiger charge is 2.28. The summed E-state index contributed by atoms with van der Waals surface area (Å²) in [4.78, 5) is 12.8. The van der Waals surface area contributed by atoms with Crippen LogP contribution in [0.2, 0.25) is 0 Å². The van der Waals surface area contributed by atoms with Gasteiger partial charge in [-0.3, -0.25) is 15.0 Å². The molecule has 1 aliphatic carbocycles. The lowest BCUT2D eigenvalue weighted by atomic mass is 9.80. The molecule has 0 N–H and O–H groups in total. The largest absolute Gasteiger partial charge is 0.299 e. The average Bonchev–Trinajstić information content (AvgIpc) is 2.51. The first-order chi connectivity index (χ1) is 10.1. The van der Waals surface area contributed by atoms with Crippen LogP contribution in [0.3, 0.4) is 0 Å². The standard InChI is InChI=1S/C17H22N2O2/c1-18-11-10-14-4-2-3-5-16(14)17(18)12-13-6-8-15(9-7-13)19(20)21/h6-9,17H,2-5,10-12H2,1H3. The van der Waals surface area contributed by atoms with Crippen molar-refractivity contribution in [3.05, 3.63) is 51.1 Å². The lowest BCUT2D eigenvalue weighted by molar-refractivity contribution is -0.384. The Balaban J connectivity index is 1.80. The molecule has 3 rings (SSSR count). The Hall–Kier alpha value is -1.68. The SMILES string of the molecule is CN1CCC2=C(CCCC2)C1Cc1ccc([N+](=O)[O-])cc1. The number of rotatable bonds is 3. The molecule has 0 amide bonds. The third kappa shape index (κ3) is 3.00. The Morgan fingerprint density at radius 3 is 2.62 bits per heavy atom. The van der Waals surface area contributed by atoms with E-state index in [1.807, 2.05) is 12.1 Å². The topological polar surface area (TPSA) is 46.4 Å². The van der Waals surface area contributed by atoms with Gasteiger partial charge in [0.05, 0.1) is 4.92 Å². The zero-order valence-electron chi connectivity index (χ0n) is 12.5. The minimum absolute atomic E-state index is 0.174. The van der Waals surface area contributed by atoms with E-state index >= 15 is 0 Å². The summed E-state index contributed by atoms with van der Waals surface area (Å²) in [5, 5.41) is 10.7. The van der Waals surface area contributed by atoms with Gasteiger partial charge in [-0.25, -0.2) is 0 Å². The zero-order valence-corrected chi connectivity index (χ0v) is 12.5. The normalized spacial score (nSPS) is 23.0. The molecular weight excluding hydrogens is 264 g/mol. The lowest BCUT2D eigenvalue weighted by Crippen LogP contribution is -2.40. The number of hydrogen-bond donors (Lipinski definition) is 0. The van der Waals surface area contributed by atoms with Crippen molar-refractivity contribution in [1.29, 1.82) is 0 Å². The third-order valence-corrected chi connectivity index (χ3v) is 4.91. The molecule has 1 aliphatic heterocycles. The highest BCUT2D eigenvalue weighted by Crippen LogP contribution is 2.35. The van der Waals surface area contributed by atoms with Crippen molar-refractivity contribution in [3.63, 3.8) is 0 Å². The summed E-state index contributed by atoms with van der Waals surface area (Å²) in [7, 11) is 2.20. The first-order valence-corrected chi connectivity index (χ1v) is 7.79. The third-order valence-electron chi connectivity index (χ3n) is 4.91. The van der Waals surface area contributed by atoms with Gasteiger partial charge in [0.25, 0.3) is 5.69 Å². The molecule has 0 saturated carbocycles. The molecule has 4 nitrogen and oxygen atoms in total. The average molecular weight is 286 g/mol. The summed E-state index contributed by atoms with van der Waals surface area (Å²) in [6.45, 7) is 1.14. The van der Waals surface area contributed by atoms with Crippen LogP contribution in [-0.2, 0) is 6.42 Å². The molecule has 0 radical (unpaired) electrons. The summed E-state index contributed by atoms with van der Waals surface area (Å²) in [6.07, 6.45) is 7.35. The van der Waals surface area contributed by atoms with E-state index in [9.17, 15) is 10.1 Å². The van der Waals surface area contributed by atoms with Gasteiger partial charge in [0.15, 0.2) is 0 Å². The number of likely N-dealkylation sites (N-methyl/N-ethyl adjacent to an activating group) is 1. The van der Waals surface area contributed by atoms with Gasteiger partial charge in [0.1, 0.15) is 0 Å². The van der Waals surface area contributed by atoms with E-state index in [2.05, 4.69) is 11.9 Å². The fraction of sp³-hybridized carbons (Fsp3) is 0.529. The molecule has 1 atom stereocenters. The number of nitro groups is 1. The lowest BCUT2D eigenvalue weighted by Gasteiger charge is -2.39. The van der Waals surface area contributed by atoms with E-state index in [1.165, 1.54) is 37.7 Å². The molecular formula is C17H22N2O2. The van der Waals surface area contributed by atoms with Crippen molar-refractivity contribution in [2.75, 3.05) is 13.6 Å². The number of nitro benzene ring substituents is 1. The van der Waals surface area contributed by atoms with Gasteiger partial charge in [-0.2, -0.15) is 0 Å². The summed E-state index contributed by atoms with van der Waals surface area (Å²) in [5.41, 5.74) is 4.70. The van der Waals surface area contributed by atoms with Crippen molar-refractivity contribution in [2.45, 2.75) is 44.6 Å². The van der Waals surface area contributed by atoms with Crippen LogP contribution in [0.1, 0.15) is 37.7 Å². The van der Waals surface area contributed by atoms with Crippen LogP contribution in [0.5, 0.6) is 0 Å². The van der Waals surface area contributed by atoms with Crippen LogP contribution in [-0.4, -0.2) is 29.5 Å². The number of nitrogens with zero attached hydrogens (tertiary/aromatic N) is 2. The zero-order chi connectivity index (χ0) is 14.8. The van der Waals surface area contributed by atoms with Crippen LogP contribution in [0.4, 0.5) is 5.69 Å². The predicted octanol–water partition coefficient (Wildman–Crippen LogP) is 3.71. The van der Waals surface area contributed by atoms with Gasteiger partial charge in [0, 0.05) is 24.7 Å². The summed E-state index contributed by atoms with van der Waals surface area (Å²) >= 11 is 0. The van der Waals surface area contributed by atoms with Crippen molar-refractivity contribution >= 4 is 5.69 Å². The fourth-order valence-electron chi connectivity index (χ4n) is 3.67. The Kier molecular flexibility index (Phi) is 4.06. The quantitative estimate of drug-likeness (QED) is 0.483. The maximum atomic E-state index is 10.7. The molecule has 0 aromatic heterocycles. The van der Waals surface area contributed by atoms with Gasteiger partial charge < -0.3 is 0 Å². The first kappa shape index (κ1) is 14.3. The maximum absolute atomic E-state index is 10.7. The van der Waals surface area contributed by atoms with E-state index in [1.54, 1.807) is 23.3 Å². The van der Waals surface area contributed by atoms with Crippen LogP contribution < -0.4 is 0 Å². The van der Waals surface area contributed by atoms with E-state index in [0.717, 1.165) is 13.0 Å². The number of benzene rings is 1. The molecule has 0 bridgehead atoms. The second kappa shape index (κ2) is 5.98. The smallest absolute Gasteiger partial charge is 0.269 e. The Morgan fingerprint density at radius 1 is 1.19 bits per heavy atom. The van der Waals surface area contributed by atoms with Crippen molar-refractivity contribution in [1.82, 2.24) is 4.90 Å². The highest BCUT2D eigenvalue weighted by molar-refractivity contribution is 5.35. The van der Waals surface area contributed by atoms with Gasteiger partial charge in [-0.1, -0.05) is 23.3 Å². The molecule has 1 unspecified atom stereocenters. The molecule has 1 aromatic carbocycles. The molecule has 0 spiro atoms. The molecule has 2 aliphatic rings. The molecule has 0 saturated heterocycles. The van der Waals surface area contributed by atoms with Crippen LogP contribution in [0.15, 0.2) is 35.4 Å². The molecule has 0 fully saturated rings. The summed E-state index contributed by atoms with van der Waals surface area (Å²) < 4.78 is 0. The van der Waals surface area contributed by atoms with E-state index in [4.69, 9.17) is 0 Å². The molecule has 112 valence electrons. The minimum Gasteiger partial charge on any atom is -0.299 e. The van der Waals surface area contributed by atoms with Gasteiger partial charge in [-0.05, 0) is 51.1 Å². The van der Waals surface area contributed by atoms with E-state index < -0.39 is 0 Å². The highest BCUT2D eigenvalue weighted by atomic mass is 16.6. The monoisotopic (exact) mass is 286 g/mol. The minimum atomic E-state index is -0.335. The van der Waals surface area contributed by atoms with Crippen LogP contribution in [0, 0.1) is 10.1 Å². The van der Waals surface area contributed by atoms with Crippen LogP contribution >= 0.6 is 0 Å². The van der Waals surface area contributed by atoms with Gasteiger partial charge in [-0.15, -0.1) is 0 Å². The number of hydrogen-bond acceptors (Lipinski definition) is 3. The van der Waals surface area contributed by atoms with E-state index in [-0.39, 0.29) is 10.6 Å². The van der Waals surface area contributed by atoms with Crippen LogP contribution in [0.25, 0.3) is 0 Å². The predicted molar refractivity (Wildman–Crippen MR) is 83.3 cm³/mol. The van der Waals surface area contributed by atoms with Gasteiger partial charge in [0.2, 0.25) is 0 Å². The second-order valence-electron chi connectivity index (χ2n) is 6.21. The summed E-state index contributed by atoms with van der Waals surface area (Å²) in [5.74, 6) is 0. The van der Waals surface area contributed by atoms with Crippen molar-refractivity contribution < 1.29 is 4.92 Å². The molecule has 21 heavy (non-hydrogen) atoms. The Bertz CT molecular complexity index is 563. The molecule has 1 heterocycles.